The Kier molecular flexibility index (Phi) is 4.76. The number of carboxylic acids is 1. The van der Waals surface area contributed by atoms with Crippen molar-refractivity contribution in [2.24, 2.45) is 5.92 Å². The normalized spacial score (nSPS) is 22.8. The maximum absolute atomic E-state index is 14.2. The Hall–Kier alpha value is -3.19. The van der Waals surface area contributed by atoms with E-state index in [-0.39, 0.29) is 11.7 Å². The number of aromatic nitrogens is 2. The first-order chi connectivity index (χ1) is 16.0. The van der Waals surface area contributed by atoms with Crippen molar-refractivity contribution >= 4 is 28.3 Å². The smallest absolute Gasteiger partial charge is 0.306 e. The second-order valence-electron chi connectivity index (χ2n) is 9.53. The van der Waals surface area contributed by atoms with E-state index in [1.807, 2.05) is 12.1 Å². The minimum absolute atomic E-state index is 0.180. The molecule has 0 atom stereocenters. The van der Waals surface area contributed by atoms with E-state index < -0.39 is 5.97 Å². The Morgan fingerprint density at radius 3 is 2.79 bits per heavy atom. The Bertz CT molecular complexity index is 1290. The highest BCUT2D eigenvalue weighted by molar-refractivity contribution is 6.01. The largest absolute Gasteiger partial charge is 0.481 e. The van der Waals surface area contributed by atoms with Gasteiger partial charge in [-0.15, -0.1) is 0 Å². The summed E-state index contributed by atoms with van der Waals surface area (Å²) in [6, 6.07) is 7.39. The molecule has 1 fully saturated rings. The molecular formula is C26H27FN4O2. The van der Waals surface area contributed by atoms with Crippen LogP contribution in [-0.2, 0) is 11.2 Å². The zero-order chi connectivity index (χ0) is 22.7. The lowest BCUT2D eigenvalue weighted by Gasteiger charge is -2.42. The van der Waals surface area contributed by atoms with Crippen LogP contribution in [-0.4, -0.2) is 58.7 Å². The third-order valence-electron chi connectivity index (χ3n) is 7.70. The third kappa shape index (κ3) is 3.33. The van der Waals surface area contributed by atoms with Crippen LogP contribution >= 0.6 is 0 Å². The highest BCUT2D eigenvalue weighted by Gasteiger charge is 2.38. The molecule has 170 valence electrons. The van der Waals surface area contributed by atoms with Crippen molar-refractivity contribution in [1.82, 2.24) is 14.9 Å². The van der Waals surface area contributed by atoms with Gasteiger partial charge in [0.1, 0.15) is 11.5 Å². The molecule has 6 nitrogen and oxygen atoms in total. The average Bonchev–Trinajstić information content (AvgIpc) is 3.14. The van der Waals surface area contributed by atoms with Crippen LogP contribution in [0.3, 0.4) is 0 Å². The standard InChI is InChI=1S/C26H27FN4O2/c1-30-9-7-20-23-19(21-14-17(27)2-3-22(21)30)4-8-28-25(23)29-24(20)15-5-10-31(11-6-15)18-12-16(13-18)26(32)33/h2-5,8,14,16,18H,6-7,9-13H2,1H3,(H,28,29)(H,32,33)/t16-,18-. The average molecular weight is 447 g/mol. The molecule has 6 rings (SSSR count). The van der Waals surface area contributed by atoms with E-state index in [9.17, 15) is 9.18 Å². The summed E-state index contributed by atoms with van der Waals surface area (Å²) in [5.74, 6) is -1.08. The van der Waals surface area contributed by atoms with E-state index >= 15 is 0 Å². The lowest BCUT2D eigenvalue weighted by molar-refractivity contribution is -0.147. The summed E-state index contributed by atoms with van der Waals surface area (Å²) in [5.41, 5.74) is 7.50. The van der Waals surface area contributed by atoms with Crippen molar-refractivity contribution in [3.05, 3.63) is 53.6 Å². The molecule has 3 aromatic rings. The fraction of sp³-hybridized carbons (Fsp3) is 0.385. The highest BCUT2D eigenvalue weighted by Crippen LogP contribution is 2.42. The van der Waals surface area contributed by atoms with Crippen molar-refractivity contribution in [1.29, 1.82) is 0 Å². The summed E-state index contributed by atoms with van der Waals surface area (Å²) in [4.78, 5) is 24.0. The number of hydrogen-bond donors (Lipinski definition) is 2. The molecule has 33 heavy (non-hydrogen) atoms. The van der Waals surface area contributed by atoms with Gasteiger partial charge in [0, 0.05) is 61.3 Å². The van der Waals surface area contributed by atoms with Gasteiger partial charge < -0.3 is 15.0 Å². The van der Waals surface area contributed by atoms with Crippen LogP contribution < -0.4 is 4.90 Å². The molecule has 0 unspecified atom stereocenters. The molecule has 2 aliphatic heterocycles. The number of rotatable bonds is 3. The monoisotopic (exact) mass is 446 g/mol. The number of pyridine rings is 1. The van der Waals surface area contributed by atoms with Crippen LogP contribution in [0.2, 0.25) is 0 Å². The first-order valence-corrected chi connectivity index (χ1v) is 11.7. The quantitative estimate of drug-likeness (QED) is 0.627. The molecule has 1 saturated carbocycles. The van der Waals surface area contributed by atoms with E-state index in [1.54, 1.807) is 12.3 Å². The Morgan fingerprint density at radius 2 is 2.03 bits per heavy atom. The number of halogens is 1. The molecule has 1 aromatic carbocycles. The minimum atomic E-state index is -0.668. The number of aromatic amines is 1. The van der Waals surface area contributed by atoms with Gasteiger partial charge in [0.15, 0.2) is 0 Å². The zero-order valence-electron chi connectivity index (χ0n) is 18.6. The fourth-order valence-electron chi connectivity index (χ4n) is 5.72. The van der Waals surface area contributed by atoms with Gasteiger partial charge in [-0.3, -0.25) is 9.69 Å². The predicted octanol–water partition coefficient (Wildman–Crippen LogP) is 4.31. The molecule has 0 bridgehead atoms. The molecule has 4 heterocycles. The molecule has 2 aromatic heterocycles. The van der Waals surface area contributed by atoms with Gasteiger partial charge in [0.25, 0.3) is 0 Å². The second-order valence-corrected chi connectivity index (χ2v) is 9.53. The Morgan fingerprint density at radius 1 is 1.18 bits per heavy atom. The molecule has 0 saturated heterocycles. The lowest BCUT2D eigenvalue weighted by atomic mass is 9.79. The first-order valence-electron chi connectivity index (χ1n) is 11.7. The number of carbonyl (C=O) groups is 1. The van der Waals surface area contributed by atoms with Gasteiger partial charge in [-0.05, 0) is 66.6 Å². The van der Waals surface area contributed by atoms with Crippen LogP contribution in [0.4, 0.5) is 10.1 Å². The van der Waals surface area contributed by atoms with Gasteiger partial charge >= 0.3 is 5.97 Å². The van der Waals surface area contributed by atoms with E-state index in [2.05, 4.69) is 32.9 Å². The van der Waals surface area contributed by atoms with Crippen molar-refractivity contribution in [2.45, 2.75) is 31.7 Å². The molecule has 0 radical (unpaired) electrons. The summed E-state index contributed by atoms with van der Waals surface area (Å²) in [6.07, 6.45) is 7.40. The number of nitrogens with one attached hydrogen (secondary N) is 1. The van der Waals surface area contributed by atoms with Crippen LogP contribution in [0.5, 0.6) is 0 Å². The fourth-order valence-corrected chi connectivity index (χ4v) is 5.72. The number of carboxylic acid groups (broad SMARTS) is 1. The van der Waals surface area contributed by atoms with Crippen LogP contribution in [0.1, 0.15) is 30.5 Å². The number of nitrogens with zero attached hydrogens (tertiary/aromatic N) is 3. The summed E-state index contributed by atoms with van der Waals surface area (Å²) >= 11 is 0. The van der Waals surface area contributed by atoms with E-state index in [0.29, 0.717) is 6.04 Å². The topological polar surface area (TPSA) is 72.5 Å². The highest BCUT2D eigenvalue weighted by atomic mass is 19.1. The maximum atomic E-state index is 14.2. The zero-order valence-corrected chi connectivity index (χ0v) is 18.6. The number of hydrogen-bond acceptors (Lipinski definition) is 4. The van der Waals surface area contributed by atoms with Crippen LogP contribution in [0, 0.1) is 11.7 Å². The SMILES string of the molecule is CN1CCc2c(C3=CCN([C@H]4C[C@H](C(=O)O)C4)CC3)[nH]c3nccc(c23)-c2cc(F)ccc21. The number of anilines is 1. The Balaban J connectivity index is 1.37. The van der Waals surface area contributed by atoms with Gasteiger partial charge in [-0.25, -0.2) is 9.37 Å². The van der Waals surface area contributed by atoms with Gasteiger partial charge in [-0.2, -0.15) is 0 Å². The Labute approximate surface area is 191 Å². The van der Waals surface area contributed by atoms with E-state index in [4.69, 9.17) is 5.11 Å². The minimum Gasteiger partial charge on any atom is -0.481 e. The predicted molar refractivity (Wildman–Crippen MR) is 127 cm³/mol. The molecule has 2 N–H and O–H groups in total. The van der Waals surface area contributed by atoms with Crippen LogP contribution in [0.15, 0.2) is 36.5 Å². The van der Waals surface area contributed by atoms with Crippen molar-refractivity contribution in [3.8, 4) is 11.1 Å². The number of likely N-dealkylation sites (N-methyl/N-ethyl adjacent to an activating group) is 1. The summed E-state index contributed by atoms with van der Waals surface area (Å²) < 4.78 is 14.2. The first kappa shape index (κ1) is 20.4. The second kappa shape index (κ2) is 7.70. The molecule has 3 aliphatic rings. The summed E-state index contributed by atoms with van der Waals surface area (Å²) in [7, 11) is 2.06. The van der Waals surface area contributed by atoms with Crippen molar-refractivity contribution < 1.29 is 14.3 Å². The van der Waals surface area contributed by atoms with Crippen LogP contribution in [0.25, 0.3) is 27.7 Å². The number of benzene rings is 1. The van der Waals surface area contributed by atoms with Crippen molar-refractivity contribution in [3.63, 3.8) is 0 Å². The van der Waals surface area contributed by atoms with E-state index in [1.165, 1.54) is 17.2 Å². The summed E-state index contributed by atoms with van der Waals surface area (Å²) in [5, 5.41) is 10.3. The number of fused-ring (bicyclic) bond motifs is 2. The van der Waals surface area contributed by atoms with Gasteiger partial charge in [0.2, 0.25) is 0 Å². The van der Waals surface area contributed by atoms with Gasteiger partial charge in [0.05, 0.1) is 5.92 Å². The molecule has 0 amide bonds. The van der Waals surface area contributed by atoms with Crippen molar-refractivity contribution in [2.75, 3.05) is 31.6 Å². The number of aliphatic carboxylic acids is 1. The third-order valence-corrected chi connectivity index (χ3v) is 7.70. The van der Waals surface area contributed by atoms with Gasteiger partial charge in [-0.1, -0.05) is 6.08 Å². The lowest BCUT2D eigenvalue weighted by Crippen LogP contribution is -2.48. The summed E-state index contributed by atoms with van der Waals surface area (Å²) in [6.45, 7) is 2.62. The molecule has 7 heteroatoms. The molecule has 1 aliphatic carbocycles. The van der Waals surface area contributed by atoms with E-state index in [0.717, 1.165) is 78.9 Å². The molecule has 0 spiro atoms. The maximum Gasteiger partial charge on any atom is 0.306 e. The number of H-pyrrole nitrogens is 1. The molecular weight excluding hydrogens is 419 g/mol.